The molecule has 1 rings (SSSR count). The van der Waals surface area contributed by atoms with Gasteiger partial charge in [-0.1, -0.05) is 32.6 Å². The molecule has 0 aliphatic heterocycles. The van der Waals surface area contributed by atoms with Crippen molar-refractivity contribution in [3.63, 3.8) is 0 Å². The first-order valence-corrected chi connectivity index (χ1v) is 6.43. The van der Waals surface area contributed by atoms with E-state index in [0.717, 1.165) is 18.3 Å². The fourth-order valence-electron chi connectivity index (χ4n) is 2.70. The summed E-state index contributed by atoms with van der Waals surface area (Å²) in [5.74, 6) is 7.76. The lowest BCUT2D eigenvalue weighted by Gasteiger charge is -2.31. The highest BCUT2D eigenvalue weighted by molar-refractivity contribution is 4.99. The van der Waals surface area contributed by atoms with Crippen molar-refractivity contribution >= 4 is 0 Å². The van der Waals surface area contributed by atoms with Gasteiger partial charge in [0.2, 0.25) is 0 Å². The molecule has 1 saturated carbocycles. The quantitative estimate of drug-likeness (QED) is 0.703. The summed E-state index contributed by atoms with van der Waals surface area (Å²) in [5.41, 5.74) is 6.15. The molecular formula is C14H25N. The Kier molecular flexibility index (Phi) is 5.79. The molecule has 0 radical (unpaired) electrons. The third-order valence-electron chi connectivity index (χ3n) is 3.71. The predicted molar refractivity (Wildman–Crippen MR) is 66.4 cm³/mol. The highest BCUT2D eigenvalue weighted by atomic mass is 14.6. The van der Waals surface area contributed by atoms with Crippen molar-refractivity contribution in [3.8, 4) is 11.8 Å². The lowest BCUT2D eigenvalue weighted by molar-refractivity contribution is 0.234. The minimum Gasteiger partial charge on any atom is -0.327 e. The van der Waals surface area contributed by atoms with Crippen molar-refractivity contribution in [1.82, 2.24) is 0 Å². The smallest absolute Gasteiger partial charge is 0.0243 e. The zero-order valence-corrected chi connectivity index (χ0v) is 10.3. The number of nitrogens with two attached hydrogens (primary N) is 1. The molecule has 86 valence electrons. The fraction of sp³-hybridized carbons (Fsp3) is 0.857. The van der Waals surface area contributed by atoms with Gasteiger partial charge in [0.15, 0.2) is 0 Å². The van der Waals surface area contributed by atoms with E-state index in [4.69, 9.17) is 5.73 Å². The molecule has 0 bridgehead atoms. The zero-order valence-electron chi connectivity index (χ0n) is 10.3. The van der Waals surface area contributed by atoms with E-state index in [9.17, 15) is 0 Å². The summed E-state index contributed by atoms with van der Waals surface area (Å²) in [6.45, 7) is 4.18. The van der Waals surface area contributed by atoms with Crippen LogP contribution in [0.1, 0.15) is 58.8 Å². The monoisotopic (exact) mass is 207 g/mol. The molecule has 0 aromatic rings. The van der Waals surface area contributed by atoms with Crippen molar-refractivity contribution < 1.29 is 0 Å². The van der Waals surface area contributed by atoms with Crippen molar-refractivity contribution in [2.24, 2.45) is 17.6 Å². The van der Waals surface area contributed by atoms with Crippen LogP contribution in [-0.4, -0.2) is 6.04 Å². The average molecular weight is 207 g/mol. The van der Waals surface area contributed by atoms with Crippen molar-refractivity contribution in [2.45, 2.75) is 64.8 Å². The highest BCUT2D eigenvalue weighted by Crippen LogP contribution is 2.33. The molecule has 0 aromatic carbocycles. The summed E-state index contributed by atoms with van der Waals surface area (Å²) < 4.78 is 0. The van der Waals surface area contributed by atoms with Gasteiger partial charge in [-0.2, -0.15) is 0 Å². The molecule has 1 aliphatic rings. The van der Waals surface area contributed by atoms with E-state index < -0.39 is 0 Å². The lowest BCUT2D eigenvalue weighted by Crippen LogP contribution is -2.32. The molecule has 1 heteroatoms. The van der Waals surface area contributed by atoms with Gasteiger partial charge in [0.05, 0.1) is 0 Å². The third kappa shape index (κ3) is 4.26. The third-order valence-corrected chi connectivity index (χ3v) is 3.71. The molecule has 0 amide bonds. The van der Waals surface area contributed by atoms with Crippen LogP contribution in [0.25, 0.3) is 0 Å². The molecule has 1 aliphatic carbocycles. The summed E-state index contributed by atoms with van der Waals surface area (Å²) in [5, 5.41) is 0. The first kappa shape index (κ1) is 12.6. The Morgan fingerprint density at radius 1 is 1.27 bits per heavy atom. The van der Waals surface area contributed by atoms with E-state index in [1.807, 2.05) is 6.92 Å². The topological polar surface area (TPSA) is 26.0 Å². The molecule has 0 saturated heterocycles. The van der Waals surface area contributed by atoms with Gasteiger partial charge in [-0.15, -0.1) is 11.8 Å². The first-order valence-electron chi connectivity index (χ1n) is 6.43. The number of hydrogen-bond donors (Lipinski definition) is 1. The summed E-state index contributed by atoms with van der Waals surface area (Å²) in [7, 11) is 0. The van der Waals surface area contributed by atoms with Crippen LogP contribution >= 0.6 is 0 Å². The van der Waals surface area contributed by atoms with Gasteiger partial charge in [-0.25, -0.2) is 0 Å². The van der Waals surface area contributed by atoms with Crippen LogP contribution in [-0.2, 0) is 0 Å². The van der Waals surface area contributed by atoms with Crippen LogP contribution in [0.2, 0.25) is 0 Å². The Hall–Kier alpha value is -0.480. The van der Waals surface area contributed by atoms with Gasteiger partial charge in [0.25, 0.3) is 0 Å². The Morgan fingerprint density at radius 2 is 1.93 bits per heavy atom. The minimum atomic E-state index is 0.319. The highest BCUT2D eigenvalue weighted by Gasteiger charge is 2.24. The SMILES string of the molecule is CC#CCC(N)C1CCC(CCC)CC1. The van der Waals surface area contributed by atoms with E-state index >= 15 is 0 Å². The Morgan fingerprint density at radius 3 is 2.47 bits per heavy atom. The molecule has 15 heavy (non-hydrogen) atoms. The Balaban J connectivity index is 2.26. The second kappa shape index (κ2) is 6.90. The normalized spacial score (nSPS) is 27.9. The van der Waals surface area contributed by atoms with E-state index in [1.54, 1.807) is 0 Å². The van der Waals surface area contributed by atoms with Crippen molar-refractivity contribution in [2.75, 3.05) is 0 Å². The van der Waals surface area contributed by atoms with E-state index in [0.29, 0.717) is 6.04 Å². The van der Waals surface area contributed by atoms with Crippen molar-refractivity contribution in [1.29, 1.82) is 0 Å². The largest absolute Gasteiger partial charge is 0.327 e. The maximum Gasteiger partial charge on any atom is 0.0243 e. The summed E-state index contributed by atoms with van der Waals surface area (Å²) >= 11 is 0. The molecule has 1 nitrogen and oxygen atoms in total. The molecule has 0 heterocycles. The van der Waals surface area contributed by atoms with E-state index in [1.165, 1.54) is 38.5 Å². The Bertz CT molecular complexity index is 215. The molecule has 0 spiro atoms. The number of rotatable bonds is 4. The molecule has 1 atom stereocenters. The number of hydrogen-bond acceptors (Lipinski definition) is 1. The van der Waals surface area contributed by atoms with Crippen LogP contribution in [0.15, 0.2) is 0 Å². The van der Waals surface area contributed by atoms with E-state index in [-0.39, 0.29) is 0 Å². The van der Waals surface area contributed by atoms with Gasteiger partial charge < -0.3 is 5.73 Å². The maximum absolute atomic E-state index is 6.15. The lowest BCUT2D eigenvalue weighted by atomic mass is 9.76. The van der Waals surface area contributed by atoms with Crippen LogP contribution in [0.4, 0.5) is 0 Å². The molecular weight excluding hydrogens is 182 g/mol. The Labute approximate surface area is 94.8 Å². The van der Waals surface area contributed by atoms with Gasteiger partial charge in [0, 0.05) is 12.5 Å². The average Bonchev–Trinajstić information content (AvgIpc) is 2.27. The van der Waals surface area contributed by atoms with E-state index in [2.05, 4.69) is 18.8 Å². The molecule has 1 fully saturated rings. The standard InChI is InChI=1S/C14H25N/c1-3-5-7-14(15)13-10-8-12(6-4-2)9-11-13/h12-14H,4,6-11,15H2,1-2H3. The maximum atomic E-state index is 6.15. The summed E-state index contributed by atoms with van der Waals surface area (Å²) in [6, 6.07) is 0.319. The second-order valence-electron chi connectivity index (χ2n) is 4.86. The van der Waals surface area contributed by atoms with Crippen LogP contribution < -0.4 is 5.73 Å². The van der Waals surface area contributed by atoms with Crippen LogP contribution in [0.3, 0.4) is 0 Å². The van der Waals surface area contributed by atoms with Gasteiger partial charge >= 0.3 is 0 Å². The zero-order chi connectivity index (χ0) is 11.1. The van der Waals surface area contributed by atoms with Gasteiger partial charge in [-0.05, 0) is 31.6 Å². The summed E-state index contributed by atoms with van der Waals surface area (Å²) in [6.07, 6.45) is 9.09. The van der Waals surface area contributed by atoms with Crippen molar-refractivity contribution in [3.05, 3.63) is 0 Å². The van der Waals surface area contributed by atoms with Crippen LogP contribution in [0, 0.1) is 23.7 Å². The molecule has 0 aromatic heterocycles. The molecule has 2 N–H and O–H groups in total. The van der Waals surface area contributed by atoms with Crippen LogP contribution in [0.5, 0.6) is 0 Å². The van der Waals surface area contributed by atoms with Gasteiger partial charge in [0.1, 0.15) is 0 Å². The fourth-order valence-corrected chi connectivity index (χ4v) is 2.70. The van der Waals surface area contributed by atoms with Gasteiger partial charge in [-0.3, -0.25) is 0 Å². The molecule has 1 unspecified atom stereocenters. The first-order chi connectivity index (χ1) is 7.27. The summed E-state index contributed by atoms with van der Waals surface area (Å²) in [4.78, 5) is 0. The second-order valence-corrected chi connectivity index (χ2v) is 4.86. The minimum absolute atomic E-state index is 0.319. The predicted octanol–water partition coefficient (Wildman–Crippen LogP) is 3.33.